The van der Waals surface area contributed by atoms with Gasteiger partial charge in [0.1, 0.15) is 17.2 Å². The minimum atomic E-state index is -0.797. The molecule has 22 heavy (non-hydrogen) atoms. The lowest BCUT2D eigenvalue weighted by atomic mass is 10.1. The molecule has 3 amide bonds. The Morgan fingerprint density at radius 1 is 1.41 bits per heavy atom. The maximum Gasteiger partial charge on any atom is 0.325 e. The Morgan fingerprint density at radius 3 is 2.86 bits per heavy atom. The minimum Gasteiger partial charge on any atom is -0.324 e. The average Bonchev–Trinajstić information content (AvgIpc) is 2.89. The summed E-state index contributed by atoms with van der Waals surface area (Å²) in [5.74, 6) is 1.67. The molecule has 1 saturated heterocycles. The first-order chi connectivity index (χ1) is 10.4. The lowest BCUT2D eigenvalue weighted by Gasteiger charge is -2.24. The standard InChI is InChI=1S/C14H22N6O2/c1-9-16-11-5-4-10(8-20(11)18-9)15-6-7-19-12(21)14(2,3)17-13(19)22/h10,15H,4-8H2,1-3H3,(H,17,22)/t10-/m1/s1. The van der Waals surface area contributed by atoms with Crippen molar-refractivity contribution < 1.29 is 9.59 Å². The molecular formula is C14H22N6O2. The molecule has 8 heteroatoms. The van der Waals surface area contributed by atoms with E-state index >= 15 is 0 Å². The number of fused-ring (bicyclic) bond motifs is 1. The maximum absolute atomic E-state index is 12.1. The molecule has 0 bridgehead atoms. The highest BCUT2D eigenvalue weighted by Gasteiger charge is 2.43. The van der Waals surface area contributed by atoms with Crippen LogP contribution in [0.1, 0.15) is 31.9 Å². The molecule has 1 fully saturated rings. The van der Waals surface area contributed by atoms with Gasteiger partial charge in [-0.2, -0.15) is 5.10 Å². The first-order valence-electron chi connectivity index (χ1n) is 7.64. The van der Waals surface area contributed by atoms with Crippen LogP contribution < -0.4 is 10.6 Å². The third kappa shape index (κ3) is 2.70. The lowest BCUT2D eigenvalue weighted by Crippen LogP contribution is -2.44. The Balaban J connectivity index is 1.50. The molecule has 2 N–H and O–H groups in total. The van der Waals surface area contributed by atoms with Gasteiger partial charge in [0.15, 0.2) is 0 Å². The van der Waals surface area contributed by atoms with Gasteiger partial charge in [0.05, 0.1) is 6.54 Å². The highest BCUT2D eigenvalue weighted by atomic mass is 16.2. The van der Waals surface area contributed by atoms with Crippen LogP contribution in [0, 0.1) is 6.92 Å². The van der Waals surface area contributed by atoms with E-state index in [0.29, 0.717) is 19.1 Å². The molecule has 1 aromatic rings. The van der Waals surface area contributed by atoms with Crippen molar-refractivity contribution in [3.05, 3.63) is 11.6 Å². The van der Waals surface area contributed by atoms with Crippen LogP contribution in [0.2, 0.25) is 0 Å². The van der Waals surface area contributed by atoms with Crippen LogP contribution in [0.4, 0.5) is 4.79 Å². The molecule has 1 atom stereocenters. The molecule has 120 valence electrons. The predicted octanol–water partition coefficient (Wildman–Crippen LogP) is -0.179. The van der Waals surface area contributed by atoms with Gasteiger partial charge in [-0.25, -0.2) is 14.5 Å². The number of imide groups is 1. The topological polar surface area (TPSA) is 92.2 Å². The summed E-state index contributed by atoms with van der Waals surface area (Å²) < 4.78 is 1.94. The molecule has 0 aliphatic carbocycles. The van der Waals surface area contributed by atoms with Crippen LogP contribution >= 0.6 is 0 Å². The van der Waals surface area contributed by atoms with Crippen molar-refractivity contribution in [1.82, 2.24) is 30.3 Å². The van der Waals surface area contributed by atoms with Gasteiger partial charge in [-0.3, -0.25) is 9.69 Å². The second kappa shape index (κ2) is 5.35. The number of nitrogens with zero attached hydrogens (tertiary/aromatic N) is 4. The summed E-state index contributed by atoms with van der Waals surface area (Å²) in [6, 6.07) is -0.0167. The zero-order valence-corrected chi connectivity index (χ0v) is 13.2. The summed E-state index contributed by atoms with van der Waals surface area (Å²) in [6.07, 6.45) is 1.89. The van der Waals surface area contributed by atoms with Gasteiger partial charge in [-0.1, -0.05) is 0 Å². The SMILES string of the molecule is Cc1nc2n(n1)C[C@H](NCCN1C(=O)NC(C)(C)C1=O)CC2. The summed E-state index contributed by atoms with van der Waals surface area (Å²) in [7, 11) is 0. The zero-order valence-electron chi connectivity index (χ0n) is 13.2. The number of hydrogen-bond donors (Lipinski definition) is 2. The van der Waals surface area contributed by atoms with E-state index in [1.807, 2.05) is 11.6 Å². The molecule has 2 aliphatic rings. The largest absolute Gasteiger partial charge is 0.325 e. The number of hydrogen-bond acceptors (Lipinski definition) is 5. The number of nitrogens with one attached hydrogen (secondary N) is 2. The Hall–Kier alpha value is -1.96. The molecule has 3 rings (SSSR count). The molecule has 3 heterocycles. The molecule has 0 aromatic carbocycles. The number of aromatic nitrogens is 3. The van der Waals surface area contributed by atoms with Gasteiger partial charge in [-0.15, -0.1) is 0 Å². The van der Waals surface area contributed by atoms with Crippen molar-refractivity contribution in [3.63, 3.8) is 0 Å². The van der Waals surface area contributed by atoms with Gasteiger partial charge >= 0.3 is 6.03 Å². The van der Waals surface area contributed by atoms with Crippen molar-refractivity contribution in [2.45, 2.75) is 51.7 Å². The fraction of sp³-hybridized carbons (Fsp3) is 0.714. The Labute approximate surface area is 129 Å². The summed E-state index contributed by atoms with van der Waals surface area (Å²) in [5, 5.41) is 10.5. The van der Waals surface area contributed by atoms with Crippen molar-refractivity contribution in [2.75, 3.05) is 13.1 Å². The van der Waals surface area contributed by atoms with Gasteiger partial charge in [-0.05, 0) is 27.2 Å². The molecule has 2 aliphatic heterocycles. The smallest absolute Gasteiger partial charge is 0.324 e. The van der Waals surface area contributed by atoms with Crippen LogP contribution in [0.5, 0.6) is 0 Å². The van der Waals surface area contributed by atoms with Crippen LogP contribution in [0.15, 0.2) is 0 Å². The maximum atomic E-state index is 12.1. The quantitative estimate of drug-likeness (QED) is 0.753. The second-order valence-electron chi connectivity index (χ2n) is 6.46. The summed E-state index contributed by atoms with van der Waals surface area (Å²) in [4.78, 5) is 29.5. The van der Waals surface area contributed by atoms with E-state index in [9.17, 15) is 9.59 Å². The Kier molecular flexibility index (Phi) is 3.64. The average molecular weight is 306 g/mol. The second-order valence-corrected chi connectivity index (χ2v) is 6.46. The molecule has 8 nitrogen and oxygen atoms in total. The predicted molar refractivity (Wildman–Crippen MR) is 79.2 cm³/mol. The summed E-state index contributed by atoms with van der Waals surface area (Å²) >= 11 is 0. The molecular weight excluding hydrogens is 284 g/mol. The van der Waals surface area contributed by atoms with Crippen molar-refractivity contribution in [1.29, 1.82) is 0 Å². The third-order valence-electron chi connectivity index (χ3n) is 4.18. The van der Waals surface area contributed by atoms with E-state index in [0.717, 1.165) is 31.0 Å². The summed E-state index contributed by atoms with van der Waals surface area (Å²) in [6.45, 7) is 7.08. The van der Waals surface area contributed by atoms with Crippen LogP contribution in [-0.2, 0) is 17.8 Å². The van der Waals surface area contributed by atoms with Crippen molar-refractivity contribution in [2.24, 2.45) is 0 Å². The van der Waals surface area contributed by atoms with E-state index < -0.39 is 5.54 Å². The van der Waals surface area contributed by atoms with Crippen LogP contribution in [0.25, 0.3) is 0 Å². The third-order valence-corrected chi connectivity index (χ3v) is 4.18. The van der Waals surface area contributed by atoms with E-state index in [2.05, 4.69) is 20.7 Å². The van der Waals surface area contributed by atoms with Crippen LogP contribution in [-0.4, -0.2) is 56.3 Å². The number of urea groups is 1. The molecule has 0 unspecified atom stereocenters. The van der Waals surface area contributed by atoms with E-state index in [4.69, 9.17) is 0 Å². The molecule has 1 aromatic heterocycles. The first kappa shape index (κ1) is 15.0. The Morgan fingerprint density at radius 2 is 2.18 bits per heavy atom. The van der Waals surface area contributed by atoms with E-state index in [-0.39, 0.29) is 11.9 Å². The highest BCUT2D eigenvalue weighted by molar-refractivity contribution is 6.06. The van der Waals surface area contributed by atoms with Crippen LogP contribution in [0.3, 0.4) is 0 Å². The number of amides is 3. The van der Waals surface area contributed by atoms with Gasteiger partial charge in [0.25, 0.3) is 5.91 Å². The molecule has 0 radical (unpaired) electrons. The zero-order chi connectivity index (χ0) is 15.9. The first-order valence-corrected chi connectivity index (χ1v) is 7.64. The number of rotatable bonds is 4. The van der Waals surface area contributed by atoms with Gasteiger partial charge in [0, 0.05) is 25.6 Å². The number of aryl methyl sites for hydroxylation is 2. The lowest BCUT2D eigenvalue weighted by molar-refractivity contribution is -0.130. The summed E-state index contributed by atoms with van der Waals surface area (Å²) in [5.41, 5.74) is -0.797. The monoisotopic (exact) mass is 306 g/mol. The van der Waals surface area contributed by atoms with Gasteiger partial charge < -0.3 is 10.6 Å². The number of carbonyl (C=O) groups is 2. The fourth-order valence-corrected chi connectivity index (χ4v) is 3.00. The minimum absolute atomic E-state index is 0.169. The molecule has 0 spiro atoms. The van der Waals surface area contributed by atoms with E-state index in [1.54, 1.807) is 13.8 Å². The van der Waals surface area contributed by atoms with Crippen molar-refractivity contribution in [3.8, 4) is 0 Å². The molecule has 0 saturated carbocycles. The number of carbonyl (C=O) groups excluding carboxylic acids is 2. The normalized spacial score (nSPS) is 23.6. The van der Waals surface area contributed by atoms with E-state index in [1.165, 1.54) is 4.90 Å². The van der Waals surface area contributed by atoms with Crippen molar-refractivity contribution >= 4 is 11.9 Å². The fourth-order valence-electron chi connectivity index (χ4n) is 3.00. The highest BCUT2D eigenvalue weighted by Crippen LogP contribution is 2.16. The van der Waals surface area contributed by atoms with Gasteiger partial charge in [0.2, 0.25) is 0 Å². The Bertz CT molecular complexity index is 608.